The molecule has 0 unspecified atom stereocenters. The molecule has 6 heteroatoms. The first-order valence-corrected chi connectivity index (χ1v) is 6.74. The molecule has 1 aromatic carbocycles. The van der Waals surface area contributed by atoms with E-state index in [1.54, 1.807) is 38.4 Å². The van der Waals surface area contributed by atoms with Gasteiger partial charge in [0, 0.05) is 20.2 Å². The molecule has 1 rings (SSSR count). The molecule has 118 valence electrons. The first-order valence-electron chi connectivity index (χ1n) is 6.74. The lowest BCUT2D eigenvalue weighted by molar-refractivity contribution is -0.131. The van der Waals surface area contributed by atoms with Crippen LogP contribution in [0.3, 0.4) is 0 Å². The molecule has 0 spiro atoms. The Morgan fingerprint density at radius 3 is 2.43 bits per heavy atom. The number of nitrogens with zero attached hydrogens (tertiary/aromatic N) is 1. The molecule has 0 saturated heterocycles. The monoisotopic (exact) mass is 297 g/mol. The lowest BCUT2D eigenvalue weighted by Gasteiger charge is -2.21. The van der Waals surface area contributed by atoms with Crippen LogP contribution in [0.2, 0.25) is 0 Å². The summed E-state index contributed by atoms with van der Waals surface area (Å²) in [6.45, 7) is 1.14. The van der Waals surface area contributed by atoms with E-state index in [-0.39, 0.29) is 18.9 Å². The molecule has 0 fully saturated rings. The zero-order valence-electron chi connectivity index (χ0n) is 12.8. The highest BCUT2D eigenvalue weighted by Gasteiger charge is 2.14. The number of benzene rings is 1. The average molecular weight is 297 g/mol. The summed E-state index contributed by atoms with van der Waals surface area (Å²) < 4.78 is 15.4. The van der Waals surface area contributed by atoms with E-state index in [0.29, 0.717) is 31.2 Å². The van der Waals surface area contributed by atoms with Crippen molar-refractivity contribution in [1.29, 1.82) is 0 Å². The molecule has 0 saturated carbocycles. The quantitative estimate of drug-likeness (QED) is 0.727. The number of ether oxygens (including phenoxy) is 3. The molecule has 21 heavy (non-hydrogen) atoms. The van der Waals surface area contributed by atoms with Gasteiger partial charge in [-0.2, -0.15) is 0 Å². The van der Waals surface area contributed by atoms with Crippen molar-refractivity contribution in [2.75, 3.05) is 47.6 Å². The van der Waals surface area contributed by atoms with E-state index in [2.05, 4.69) is 0 Å². The van der Waals surface area contributed by atoms with E-state index in [1.165, 1.54) is 0 Å². The normalized spacial score (nSPS) is 10.3. The van der Waals surface area contributed by atoms with Crippen molar-refractivity contribution >= 4 is 5.91 Å². The van der Waals surface area contributed by atoms with E-state index in [0.717, 1.165) is 5.56 Å². The molecule has 0 aromatic heterocycles. The van der Waals surface area contributed by atoms with Crippen LogP contribution in [0.15, 0.2) is 18.2 Å². The molecule has 0 aliphatic carbocycles. The van der Waals surface area contributed by atoms with Gasteiger partial charge in [-0.25, -0.2) is 0 Å². The standard InChI is InChI=1S/C15H23NO5/c1-19-9-7-16(6-8-17)15(18)11-12-4-5-13(20-2)14(10-12)21-3/h4-5,10,17H,6-9,11H2,1-3H3. The maximum atomic E-state index is 12.2. The Bertz CT molecular complexity index is 450. The van der Waals surface area contributed by atoms with Gasteiger partial charge in [0.05, 0.1) is 33.9 Å². The average Bonchev–Trinajstić information content (AvgIpc) is 2.51. The highest BCUT2D eigenvalue weighted by atomic mass is 16.5. The summed E-state index contributed by atoms with van der Waals surface area (Å²) in [4.78, 5) is 13.8. The van der Waals surface area contributed by atoms with Gasteiger partial charge in [0.25, 0.3) is 0 Å². The molecule has 1 aromatic rings. The van der Waals surface area contributed by atoms with Crippen LogP contribution in [0.1, 0.15) is 5.56 Å². The van der Waals surface area contributed by atoms with Crippen molar-refractivity contribution in [2.24, 2.45) is 0 Å². The number of aliphatic hydroxyl groups is 1. The first-order chi connectivity index (χ1) is 10.2. The zero-order chi connectivity index (χ0) is 15.7. The Labute approximate surface area is 125 Å². The Morgan fingerprint density at radius 1 is 1.14 bits per heavy atom. The van der Waals surface area contributed by atoms with Crippen LogP contribution >= 0.6 is 0 Å². The number of hydrogen-bond acceptors (Lipinski definition) is 5. The minimum absolute atomic E-state index is 0.0617. The topological polar surface area (TPSA) is 68.2 Å². The van der Waals surface area contributed by atoms with Crippen LogP contribution < -0.4 is 9.47 Å². The van der Waals surface area contributed by atoms with E-state index >= 15 is 0 Å². The van der Waals surface area contributed by atoms with Crippen LogP contribution in [0.4, 0.5) is 0 Å². The highest BCUT2D eigenvalue weighted by Crippen LogP contribution is 2.27. The SMILES string of the molecule is COCCN(CCO)C(=O)Cc1ccc(OC)c(OC)c1. The number of carbonyl (C=O) groups excluding carboxylic acids is 1. The van der Waals surface area contributed by atoms with Crippen molar-refractivity contribution in [3.8, 4) is 11.5 Å². The number of methoxy groups -OCH3 is 3. The first kappa shape index (κ1) is 17.3. The Balaban J connectivity index is 2.75. The van der Waals surface area contributed by atoms with Gasteiger partial charge in [-0.1, -0.05) is 6.07 Å². The number of rotatable bonds is 9. The summed E-state index contributed by atoms with van der Waals surface area (Å²) in [5, 5.41) is 9.03. The summed E-state index contributed by atoms with van der Waals surface area (Å²) in [5.41, 5.74) is 0.831. The van der Waals surface area contributed by atoms with Crippen LogP contribution in [-0.2, 0) is 16.0 Å². The number of carbonyl (C=O) groups is 1. The highest BCUT2D eigenvalue weighted by molar-refractivity contribution is 5.79. The lowest BCUT2D eigenvalue weighted by Crippen LogP contribution is -2.37. The summed E-state index contributed by atoms with van der Waals surface area (Å²) in [5.74, 6) is 1.15. The van der Waals surface area contributed by atoms with Gasteiger partial charge in [-0.15, -0.1) is 0 Å². The molecule has 0 atom stereocenters. The maximum Gasteiger partial charge on any atom is 0.227 e. The third kappa shape index (κ3) is 5.24. The Kier molecular flexibility index (Phi) is 7.56. The molecule has 0 heterocycles. The molecule has 1 amide bonds. The van der Waals surface area contributed by atoms with Crippen LogP contribution in [-0.4, -0.2) is 63.5 Å². The summed E-state index contributed by atoms with van der Waals surface area (Å²) in [6, 6.07) is 5.38. The fourth-order valence-electron chi connectivity index (χ4n) is 1.96. The third-order valence-corrected chi connectivity index (χ3v) is 3.09. The van der Waals surface area contributed by atoms with E-state index in [1.807, 2.05) is 6.07 Å². The van der Waals surface area contributed by atoms with Crippen LogP contribution in [0, 0.1) is 0 Å². The second-order valence-corrected chi connectivity index (χ2v) is 4.46. The molecule has 0 aliphatic heterocycles. The molecule has 0 bridgehead atoms. The summed E-state index contributed by atoms with van der Waals surface area (Å²) in [6.07, 6.45) is 0.240. The molecule has 0 radical (unpaired) electrons. The second-order valence-electron chi connectivity index (χ2n) is 4.46. The predicted molar refractivity (Wildman–Crippen MR) is 78.8 cm³/mol. The number of aliphatic hydroxyl groups excluding tert-OH is 1. The van der Waals surface area contributed by atoms with Crippen molar-refractivity contribution in [3.63, 3.8) is 0 Å². The Morgan fingerprint density at radius 2 is 1.86 bits per heavy atom. The van der Waals surface area contributed by atoms with Gasteiger partial charge in [0.15, 0.2) is 11.5 Å². The lowest BCUT2D eigenvalue weighted by atomic mass is 10.1. The second kappa shape index (κ2) is 9.20. The fraction of sp³-hybridized carbons (Fsp3) is 0.533. The van der Waals surface area contributed by atoms with Crippen LogP contribution in [0.5, 0.6) is 11.5 Å². The maximum absolute atomic E-state index is 12.2. The third-order valence-electron chi connectivity index (χ3n) is 3.09. The minimum atomic E-state index is -0.0681. The van der Waals surface area contributed by atoms with Gasteiger partial charge in [-0.3, -0.25) is 4.79 Å². The molecule has 0 aliphatic rings. The van der Waals surface area contributed by atoms with E-state index < -0.39 is 0 Å². The van der Waals surface area contributed by atoms with Gasteiger partial charge in [0.2, 0.25) is 5.91 Å². The molecule has 6 nitrogen and oxygen atoms in total. The van der Waals surface area contributed by atoms with Gasteiger partial charge in [-0.05, 0) is 17.7 Å². The van der Waals surface area contributed by atoms with Crippen LogP contribution in [0.25, 0.3) is 0 Å². The molecular formula is C15H23NO5. The smallest absolute Gasteiger partial charge is 0.227 e. The number of amides is 1. The van der Waals surface area contributed by atoms with Crippen molar-refractivity contribution < 1.29 is 24.1 Å². The van der Waals surface area contributed by atoms with E-state index in [9.17, 15) is 4.79 Å². The summed E-state index contributed by atoms with van der Waals surface area (Å²) >= 11 is 0. The van der Waals surface area contributed by atoms with Crippen molar-refractivity contribution in [2.45, 2.75) is 6.42 Å². The Hall–Kier alpha value is -1.79. The van der Waals surface area contributed by atoms with E-state index in [4.69, 9.17) is 19.3 Å². The van der Waals surface area contributed by atoms with Gasteiger partial charge in [0.1, 0.15) is 0 Å². The largest absolute Gasteiger partial charge is 0.493 e. The minimum Gasteiger partial charge on any atom is -0.493 e. The summed E-state index contributed by atoms with van der Waals surface area (Å²) in [7, 11) is 4.70. The van der Waals surface area contributed by atoms with Gasteiger partial charge >= 0.3 is 0 Å². The fourth-order valence-corrected chi connectivity index (χ4v) is 1.96. The molecule has 1 N–H and O–H groups in total. The number of hydrogen-bond donors (Lipinski definition) is 1. The zero-order valence-corrected chi connectivity index (χ0v) is 12.8. The van der Waals surface area contributed by atoms with Crippen molar-refractivity contribution in [3.05, 3.63) is 23.8 Å². The molecular weight excluding hydrogens is 274 g/mol. The predicted octanol–water partition coefficient (Wildman–Crippen LogP) is 0.714. The van der Waals surface area contributed by atoms with Gasteiger partial charge < -0.3 is 24.2 Å². The van der Waals surface area contributed by atoms with Crippen molar-refractivity contribution in [1.82, 2.24) is 4.90 Å².